The molecule has 0 spiro atoms. The van der Waals surface area contributed by atoms with Gasteiger partial charge in [-0.2, -0.15) is 31.6 Å². The van der Waals surface area contributed by atoms with E-state index in [-0.39, 0.29) is 73.7 Å². The molecule has 0 aromatic carbocycles. The minimum Gasteiger partial charge on any atom is -0.377 e. The van der Waals surface area contributed by atoms with E-state index in [0.717, 1.165) is 16.0 Å². The Morgan fingerprint density at radius 1 is 1.05 bits per heavy atom. The second-order valence-corrected chi connectivity index (χ2v) is 15.6. The molecule has 4 aliphatic rings. The molecule has 1 aliphatic carbocycles. The van der Waals surface area contributed by atoms with Gasteiger partial charge in [0.25, 0.3) is 5.91 Å². The molecule has 21 heteroatoms. The summed E-state index contributed by atoms with van der Waals surface area (Å²) >= 11 is 5.64. The molecule has 4 fully saturated rings. The van der Waals surface area contributed by atoms with Crippen molar-refractivity contribution in [2.45, 2.75) is 94.4 Å². The van der Waals surface area contributed by atoms with E-state index in [1.54, 1.807) is 23.6 Å². The highest BCUT2D eigenvalue weighted by molar-refractivity contribution is 7.80. The van der Waals surface area contributed by atoms with Gasteiger partial charge in [0.2, 0.25) is 17.7 Å². The van der Waals surface area contributed by atoms with Gasteiger partial charge < -0.3 is 15.0 Å². The molecule has 312 valence electrons. The van der Waals surface area contributed by atoms with Crippen LogP contribution in [0.25, 0.3) is 0 Å². The van der Waals surface area contributed by atoms with Gasteiger partial charge in [0.1, 0.15) is 17.6 Å². The number of aromatic nitrogens is 2. The van der Waals surface area contributed by atoms with Crippen LogP contribution in [0.3, 0.4) is 0 Å². The maximum absolute atomic E-state index is 14.2. The average Bonchev–Trinajstić information content (AvgIpc) is 3.33. The van der Waals surface area contributed by atoms with Crippen LogP contribution in [0.5, 0.6) is 0 Å². The first-order valence-electron chi connectivity index (χ1n) is 18.7. The van der Waals surface area contributed by atoms with Gasteiger partial charge in [-0.3, -0.25) is 44.2 Å². The molecule has 1 unspecified atom stereocenters. The van der Waals surface area contributed by atoms with E-state index < -0.39 is 65.4 Å². The second-order valence-electron chi connectivity index (χ2n) is 15.2. The number of nitriles is 1. The van der Waals surface area contributed by atoms with Crippen LogP contribution in [0.4, 0.5) is 37.7 Å². The van der Waals surface area contributed by atoms with Crippen molar-refractivity contribution in [1.82, 2.24) is 30.0 Å². The molecular formula is C37H41F6N9O5S. The van der Waals surface area contributed by atoms with Crippen LogP contribution in [-0.2, 0) is 30.1 Å². The van der Waals surface area contributed by atoms with Crippen molar-refractivity contribution in [2.75, 3.05) is 49.5 Å². The number of amides is 4. The summed E-state index contributed by atoms with van der Waals surface area (Å²) in [6.07, 6.45) is -4.74. The van der Waals surface area contributed by atoms with Crippen molar-refractivity contribution in [3.63, 3.8) is 0 Å². The first-order valence-corrected chi connectivity index (χ1v) is 19.1. The number of carbonyl (C=O) groups is 4. The maximum Gasteiger partial charge on any atom is 0.419 e. The summed E-state index contributed by atoms with van der Waals surface area (Å²) < 4.78 is 89.8. The van der Waals surface area contributed by atoms with Gasteiger partial charge in [0.05, 0.1) is 60.2 Å². The maximum atomic E-state index is 14.2. The number of anilines is 2. The van der Waals surface area contributed by atoms with Crippen LogP contribution < -0.4 is 15.5 Å². The lowest BCUT2D eigenvalue weighted by molar-refractivity contribution is -0.197. The zero-order valence-corrected chi connectivity index (χ0v) is 32.3. The number of nitrogens with zero attached hydrogens (tertiary/aromatic N) is 7. The van der Waals surface area contributed by atoms with Crippen LogP contribution in [0.1, 0.15) is 75.2 Å². The number of rotatable bonds is 10. The van der Waals surface area contributed by atoms with Gasteiger partial charge in [0.15, 0.2) is 10.8 Å². The summed E-state index contributed by atoms with van der Waals surface area (Å²) in [5.74, 6) is -2.65. The number of imide groups is 1. The third kappa shape index (κ3) is 9.24. The molecule has 3 aliphatic heterocycles. The quantitative estimate of drug-likeness (QED) is 0.200. The molecule has 2 N–H and O–H groups in total. The van der Waals surface area contributed by atoms with Crippen LogP contribution in [0.15, 0.2) is 30.6 Å². The van der Waals surface area contributed by atoms with Gasteiger partial charge >= 0.3 is 12.4 Å². The Labute approximate surface area is 334 Å². The fraction of sp³-hybridized carbons (Fsp3) is 0.568. The number of nitrogens with one attached hydrogen (secondary N) is 2. The summed E-state index contributed by atoms with van der Waals surface area (Å²) in [5.41, 5.74) is -2.83. The normalized spacial score (nSPS) is 24.8. The lowest BCUT2D eigenvalue weighted by Gasteiger charge is -2.42. The summed E-state index contributed by atoms with van der Waals surface area (Å²) in [5, 5.41) is 14.0. The number of carbonyl (C=O) groups excluding carboxylic acids is 4. The predicted octanol–water partition coefficient (Wildman–Crippen LogP) is 4.11. The zero-order chi connectivity index (χ0) is 42.2. The monoisotopic (exact) mass is 837 g/mol. The fourth-order valence-corrected chi connectivity index (χ4v) is 8.54. The molecule has 0 radical (unpaired) electrons. The number of hydrogen-bond donors (Lipinski definition) is 2. The summed E-state index contributed by atoms with van der Waals surface area (Å²) in [7, 11) is 0. The van der Waals surface area contributed by atoms with Crippen molar-refractivity contribution in [1.29, 1.82) is 5.26 Å². The molecule has 2 aromatic heterocycles. The molecule has 3 saturated heterocycles. The molecule has 0 bridgehead atoms. The molecule has 4 amide bonds. The van der Waals surface area contributed by atoms with E-state index in [1.165, 1.54) is 24.4 Å². The molecular weight excluding hydrogens is 797 g/mol. The Kier molecular flexibility index (Phi) is 12.4. The minimum atomic E-state index is -4.88. The van der Waals surface area contributed by atoms with E-state index in [0.29, 0.717) is 43.9 Å². The predicted molar refractivity (Wildman–Crippen MR) is 198 cm³/mol. The van der Waals surface area contributed by atoms with Crippen LogP contribution in [0.2, 0.25) is 0 Å². The highest BCUT2D eigenvalue weighted by Crippen LogP contribution is 2.40. The molecule has 6 rings (SSSR count). The molecule has 2 aromatic rings. The van der Waals surface area contributed by atoms with Crippen molar-refractivity contribution >= 4 is 52.3 Å². The van der Waals surface area contributed by atoms with E-state index in [9.17, 15) is 45.5 Å². The zero-order valence-electron chi connectivity index (χ0n) is 31.5. The number of hydrogen-bond acceptors (Lipinski definition) is 11. The number of thiocarbonyl (C=S) groups is 1. The van der Waals surface area contributed by atoms with Gasteiger partial charge in [-0.25, -0.2) is 4.98 Å². The standard InChI is InChI=1S/C37H41F6N9O5S/c1-35(2)33(56)51(23-15-26(36(38,39)40)28(16-44)46-18-23)34(58)52(35)22-4-6-24(7-5-22)57-14-13-49-11-12-50(29(19-49)37(41,42)43)20-31(54)47-21-3-9-27(45-17-21)25-8-10-30(53)48-32(25)55/h3,9,15,17-18,22,24-25,29H,4-8,10-14,19-20H2,1-2H3,(H,47,54)(H,48,53,55)/t22-,24-,25?,29-/m1/s1. The van der Waals surface area contributed by atoms with Gasteiger partial charge in [0, 0.05) is 38.6 Å². The Bertz CT molecular complexity index is 1970. The number of pyridine rings is 2. The van der Waals surface area contributed by atoms with Crippen molar-refractivity contribution in [2.24, 2.45) is 0 Å². The summed E-state index contributed by atoms with van der Waals surface area (Å²) in [6.45, 7) is 3.03. The van der Waals surface area contributed by atoms with E-state index >= 15 is 0 Å². The lowest BCUT2D eigenvalue weighted by Crippen LogP contribution is -2.60. The van der Waals surface area contributed by atoms with E-state index in [1.807, 2.05) is 0 Å². The first kappa shape index (κ1) is 42.8. The summed E-state index contributed by atoms with van der Waals surface area (Å²) in [6, 6.07) is 3.01. The first-order chi connectivity index (χ1) is 27.3. The van der Waals surface area contributed by atoms with Crippen LogP contribution in [-0.4, -0.2) is 123 Å². The van der Waals surface area contributed by atoms with Crippen LogP contribution in [0, 0.1) is 11.3 Å². The Morgan fingerprint density at radius 2 is 1.78 bits per heavy atom. The number of piperazine rings is 1. The molecule has 58 heavy (non-hydrogen) atoms. The third-order valence-corrected chi connectivity index (χ3v) is 11.4. The Morgan fingerprint density at radius 3 is 2.40 bits per heavy atom. The van der Waals surface area contributed by atoms with Crippen LogP contribution >= 0.6 is 12.2 Å². The average molecular weight is 838 g/mol. The highest BCUT2D eigenvalue weighted by atomic mass is 32.1. The third-order valence-electron chi connectivity index (χ3n) is 11.0. The molecule has 2 atom stereocenters. The van der Waals surface area contributed by atoms with Gasteiger partial charge in [-0.1, -0.05) is 0 Å². The van der Waals surface area contributed by atoms with Crippen molar-refractivity contribution < 1.29 is 50.3 Å². The number of ether oxygens (including phenoxy) is 1. The lowest BCUT2D eigenvalue weighted by atomic mass is 9.89. The van der Waals surface area contributed by atoms with E-state index in [4.69, 9.17) is 22.2 Å². The van der Waals surface area contributed by atoms with E-state index in [2.05, 4.69) is 20.6 Å². The number of halogens is 6. The minimum absolute atomic E-state index is 0.0209. The van der Waals surface area contributed by atoms with Crippen molar-refractivity contribution in [3.05, 3.63) is 47.5 Å². The number of piperidine rings is 1. The van der Waals surface area contributed by atoms with Gasteiger partial charge in [-0.05, 0) is 76.4 Å². The number of alkyl halides is 6. The van der Waals surface area contributed by atoms with Crippen molar-refractivity contribution in [3.8, 4) is 6.07 Å². The molecule has 5 heterocycles. The largest absolute Gasteiger partial charge is 0.419 e. The summed E-state index contributed by atoms with van der Waals surface area (Å²) in [4.78, 5) is 63.2. The topological polar surface area (TPSA) is 164 Å². The molecule has 14 nitrogen and oxygen atoms in total. The second kappa shape index (κ2) is 16.8. The Hall–Kier alpha value is -4.78. The van der Waals surface area contributed by atoms with Gasteiger partial charge in [-0.15, -0.1) is 0 Å². The fourth-order valence-electron chi connectivity index (χ4n) is 7.98. The Balaban J connectivity index is 0.970. The molecule has 1 saturated carbocycles. The highest BCUT2D eigenvalue weighted by Gasteiger charge is 2.53. The smallest absolute Gasteiger partial charge is 0.377 e. The SMILES string of the molecule is CC1(C)C(=O)N(c2cnc(C#N)c(C(F)(F)F)c2)C(=S)N1[C@H]1CC[C@H](OCCN2CCN(CC(=O)Nc3ccc(C4CCC(=O)NC4=O)nc3)[C@@H](C(F)(F)F)C2)CC1.